The van der Waals surface area contributed by atoms with Gasteiger partial charge in [-0.3, -0.25) is 4.90 Å². The van der Waals surface area contributed by atoms with Gasteiger partial charge in [0, 0.05) is 19.3 Å². The van der Waals surface area contributed by atoms with Crippen LogP contribution in [0.25, 0.3) is 5.65 Å². The smallest absolute Gasteiger partial charge is 0.490 e. The highest BCUT2D eigenvalue weighted by atomic mass is 35.5. The standard InChI is InChI=1S/C23H23ClF3N3O3/c1-2-19-22(30-13-15(24)3-8-21(30)28-19)20(14-31)29-11-9-17(10-12-29)32-16-4-6-18(7-5-16)33-23(25,26)27/h3-8,13-14,17,20H,2,9-12H2,1H3. The Hall–Kier alpha value is -2.78. The molecule has 10 heteroatoms. The Labute approximate surface area is 193 Å². The molecule has 0 amide bonds. The second kappa shape index (κ2) is 9.61. The van der Waals surface area contributed by atoms with Gasteiger partial charge >= 0.3 is 6.36 Å². The Balaban J connectivity index is 1.43. The monoisotopic (exact) mass is 481 g/mol. The van der Waals surface area contributed by atoms with Crippen molar-refractivity contribution in [3.63, 3.8) is 0 Å². The van der Waals surface area contributed by atoms with E-state index in [4.69, 9.17) is 16.3 Å². The van der Waals surface area contributed by atoms with Gasteiger partial charge in [0.15, 0.2) is 0 Å². The van der Waals surface area contributed by atoms with Crippen LogP contribution in [-0.2, 0) is 11.2 Å². The van der Waals surface area contributed by atoms with Crippen molar-refractivity contribution in [3.8, 4) is 11.5 Å². The van der Waals surface area contributed by atoms with E-state index >= 15 is 0 Å². The van der Waals surface area contributed by atoms with Crippen LogP contribution in [0.3, 0.4) is 0 Å². The van der Waals surface area contributed by atoms with Crippen LogP contribution in [0, 0.1) is 0 Å². The van der Waals surface area contributed by atoms with Crippen LogP contribution < -0.4 is 9.47 Å². The summed E-state index contributed by atoms with van der Waals surface area (Å²) < 4.78 is 48.6. The molecule has 0 saturated carbocycles. The molecule has 0 bridgehead atoms. The van der Waals surface area contributed by atoms with E-state index in [-0.39, 0.29) is 11.9 Å². The fraction of sp³-hybridized carbons (Fsp3) is 0.391. The largest absolute Gasteiger partial charge is 0.573 e. The number of likely N-dealkylation sites (tertiary alicyclic amines) is 1. The highest BCUT2D eigenvalue weighted by Crippen LogP contribution is 2.30. The molecular formula is C23H23ClF3N3O3. The lowest BCUT2D eigenvalue weighted by Gasteiger charge is -2.35. The summed E-state index contributed by atoms with van der Waals surface area (Å²) in [4.78, 5) is 18.9. The number of carbonyl (C=O) groups excluding carboxylic acids is 1. The van der Waals surface area contributed by atoms with Crippen LogP contribution >= 0.6 is 11.6 Å². The van der Waals surface area contributed by atoms with Gasteiger partial charge in [0.25, 0.3) is 0 Å². The van der Waals surface area contributed by atoms with Gasteiger partial charge in [-0.15, -0.1) is 13.2 Å². The van der Waals surface area contributed by atoms with Gasteiger partial charge in [-0.2, -0.15) is 0 Å². The molecule has 176 valence electrons. The molecule has 2 aromatic heterocycles. The van der Waals surface area contributed by atoms with Gasteiger partial charge in [-0.1, -0.05) is 18.5 Å². The van der Waals surface area contributed by atoms with E-state index < -0.39 is 12.4 Å². The fourth-order valence-corrected chi connectivity index (χ4v) is 4.33. The minimum atomic E-state index is -4.73. The third kappa shape index (κ3) is 5.42. The zero-order valence-electron chi connectivity index (χ0n) is 17.9. The summed E-state index contributed by atoms with van der Waals surface area (Å²) in [6.45, 7) is 3.25. The fourth-order valence-electron chi connectivity index (χ4n) is 4.17. The molecule has 1 atom stereocenters. The lowest BCUT2D eigenvalue weighted by molar-refractivity contribution is -0.274. The Morgan fingerprint density at radius 1 is 1.15 bits per heavy atom. The third-order valence-electron chi connectivity index (χ3n) is 5.67. The molecule has 4 rings (SSSR count). The van der Waals surface area contributed by atoms with E-state index in [1.165, 1.54) is 24.3 Å². The molecular weight excluding hydrogens is 459 g/mol. The van der Waals surface area contributed by atoms with Crippen molar-refractivity contribution < 1.29 is 27.4 Å². The van der Waals surface area contributed by atoms with E-state index in [9.17, 15) is 18.0 Å². The second-order valence-electron chi connectivity index (χ2n) is 7.83. The van der Waals surface area contributed by atoms with Crippen molar-refractivity contribution in [2.45, 2.75) is 44.7 Å². The van der Waals surface area contributed by atoms with Gasteiger partial charge < -0.3 is 18.7 Å². The van der Waals surface area contributed by atoms with Crippen LogP contribution in [-0.4, -0.2) is 46.1 Å². The molecule has 1 aromatic carbocycles. The van der Waals surface area contributed by atoms with Crippen LogP contribution in [0.15, 0.2) is 42.6 Å². The number of ether oxygens (including phenoxy) is 2. The number of alkyl halides is 3. The zero-order valence-corrected chi connectivity index (χ0v) is 18.6. The van der Waals surface area contributed by atoms with Gasteiger partial charge in [-0.05, 0) is 55.7 Å². The molecule has 1 unspecified atom stereocenters. The van der Waals surface area contributed by atoms with Crippen molar-refractivity contribution in [1.82, 2.24) is 14.3 Å². The average Bonchev–Trinajstić information content (AvgIpc) is 3.13. The molecule has 0 radical (unpaired) electrons. The predicted octanol–water partition coefficient (Wildman–Crippen LogP) is 5.23. The maximum Gasteiger partial charge on any atom is 0.573 e. The number of pyridine rings is 1. The molecule has 33 heavy (non-hydrogen) atoms. The highest BCUT2D eigenvalue weighted by Gasteiger charge is 2.32. The summed E-state index contributed by atoms with van der Waals surface area (Å²) >= 11 is 6.18. The summed E-state index contributed by atoms with van der Waals surface area (Å²) in [5, 5.41) is 0.562. The summed E-state index contributed by atoms with van der Waals surface area (Å²) in [5.74, 6) is 0.179. The number of nitrogens with zero attached hydrogens (tertiary/aromatic N) is 3. The first-order valence-electron chi connectivity index (χ1n) is 10.7. The van der Waals surface area contributed by atoms with Crippen molar-refractivity contribution in [3.05, 3.63) is 59.0 Å². The van der Waals surface area contributed by atoms with Crippen LogP contribution in [0.5, 0.6) is 11.5 Å². The van der Waals surface area contributed by atoms with Crippen molar-refractivity contribution in [2.75, 3.05) is 13.1 Å². The minimum absolute atomic E-state index is 0.106. The van der Waals surface area contributed by atoms with E-state index in [0.717, 1.165) is 23.3 Å². The number of aldehydes is 1. The third-order valence-corrected chi connectivity index (χ3v) is 5.89. The molecule has 0 spiro atoms. The maximum absolute atomic E-state index is 12.3. The number of hydrogen-bond donors (Lipinski definition) is 0. The molecule has 3 heterocycles. The van der Waals surface area contributed by atoms with Crippen molar-refractivity contribution in [1.29, 1.82) is 0 Å². The number of rotatable bonds is 7. The number of benzene rings is 1. The topological polar surface area (TPSA) is 56.1 Å². The molecule has 0 N–H and O–H groups in total. The molecule has 6 nitrogen and oxygen atoms in total. The number of hydrogen-bond acceptors (Lipinski definition) is 5. The maximum atomic E-state index is 12.3. The number of carbonyl (C=O) groups is 1. The molecule has 1 aliphatic rings. The number of imidazole rings is 1. The zero-order chi connectivity index (χ0) is 23.6. The Bertz CT molecular complexity index is 1110. The van der Waals surface area contributed by atoms with Gasteiger partial charge in [0.05, 0.1) is 16.4 Å². The van der Waals surface area contributed by atoms with E-state index in [1.54, 1.807) is 12.3 Å². The normalized spacial score (nSPS) is 16.6. The number of halogens is 4. The molecule has 1 fully saturated rings. The first-order valence-corrected chi connectivity index (χ1v) is 11.0. The Morgan fingerprint density at radius 3 is 2.42 bits per heavy atom. The summed E-state index contributed by atoms with van der Waals surface area (Å²) in [6, 6.07) is 8.50. The molecule has 3 aromatic rings. The number of fused-ring (bicyclic) bond motifs is 1. The van der Waals surface area contributed by atoms with Crippen molar-refractivity contribution >= 4 is 23.5 Å². The number of piperidine rings is 1. The quantitative estimate of drug-likeness (QED) is 0.432. The summed E-state index contributed by atoms with van der Waals surface area (Å²) in [5.41, 5.74) is 2.42. The van der Waals surface area contributed by atoms with E-state index in [1.807, 2.05) is 17.4 Å². The van der Waals surface area contributed by atoms with Gasteiger partial charge in [-0.25, -0.2) is 4.98 Å². The predicted molar refractivity (Wildman–Crippen MR) is 117 cm³/mol. The Kier molecular flexibility index (Phi) is 6.81. The Morgan fingerprint density at radius 2 is 1.82 bits per heavy atom. The van der Waals surface area contributed by atoms with Crippen LogP contribution in [0.1, 0.15) is 37.2 Å². The highest BCUT2D eigenvalue weighted by molar-refractivity contribution is 6.30. The van der Waals surface area contributed by atoms with Crippen LogP contribution in [0.2, 0.25) is 5.02 Å². The lowest BCUT2D eigenvalue weighted by Crippen LogP contribution is -2.41. The molecule has 0 aliphatic carbocycles. The van der Waals surface area contributed by atoms with E-state index in [2.05, 4.69) is 14.6 Å². The average molecular weight is 482 g/mol. The summed E-state index contributed by atoms with van der Waals surface area (Å²) in [6.07, 6.45) is -0.0965. The first-order chi connectivity index (χ1) is 15.8. The van der Waals surface area contributed by atoms with Gasteiger partial charge in [0.2, 0.25) is 0 Å². The number of aryl methyl sites for hydroxylation is 1. The van der Waals surface area contributed by atoms with Crippen molar-refractivity contribution in [2.24, 2.45) is 0 Å². The number of aromatic nitrogens is 2. The molecule has 1 aliphatic heterocycles. The SMILES string of the molecule is CCc1nc2ccc(Cl)cn2c1C(C=O)N1CCC(Oc2ccc(OC(F)(F)F)cc2)CC1. The lowest BCUT2D eigenvalue weighted by atomic mass is 10.0. The minimum Gasteiger partial charge on any atom is -0.490 e. The first kappa shape index (κ1) is 23.4. The summed E-state index contributed by atoms with van der Waals surface area (Å²) in [7, 11) is 0. The van der Waals surface area contributed by atoms with Gasteiger partial charge in [0.1, 0.15) is 35.6 Å². The second-order valence-corrected chi connectivity index (χ2v) is 8.26. The molecule has 1 saturated heterocycles. The van der Waals surface area contributed by atoms with E-state index in [0.29, 0.717) is 43.1 Å². The van der Waals surface area contributed by atoms with Crippen LogP contribution in [0.4, 0.5) is 13.2 Å².